The van der Waals surface area contributed by atoms with Crippen molar-refractivity contribution in [3.05, 3.63) is 23.8 Å². The molecule has 2 atom stereocenters. The third kappa shape index (κ3) is 4.40. The zero-order valence-electron chi connectivity index (χ0n) is 14.7. The lowest BCUT2D eigenvalue weighted by Gasteiger charge is -2.34. The van der Waals surface area contributed by atoms with Crippen molar-refractivity contribution in [1.29, 1.82) is 0 Å². The van der Waals surface area contributed by atoms with E-state index < -0.39 is 5.97 Å². The fraction of sp³-hybridized carbons (Fsp3) is 0.556. The van der Waals surface area contributed by atoms with Crippen LogP contribution in [0.15, 0.2) is 18.2 Å². The maximum absolute atomic E-state index is 12.3. The van der Waals surface area contributed by atoms with Crippen molar-refractivity contribution < 1.29 is 23.8 Å². The first-order valence-electron chi connectivity index (χ1n) is 8.11. The monoisotopic (exact) mass is 335 g/mol. The number of rotatable bonds is 5. The molecule has 0 unspecified atom stereocenters. The molecule has 1 aliphatic heterocycles. The Morgan fingerprint density at radius 3 is 2.38 bits per heavy atom. The van der Waals surface area contributed by atoms with Crippen molar-refractivity contribution in [2.75, 3.05) is 33.9 Å². The van der Waals surface area contributed by atoms with E-state index in [9.17, 15) is 9.59 Å². The molecular formula is C18H25NO5. The number of carbonyl (C=O) groups excluding carboxylic acids is 2. The Bertz CT molecular complexity index is 591. The lowest BCUT2D eigenvalue weighted by Crippen LogP contribution is -2.44. The molecule has 24 heavy (non-hydrogen) atoms. The van der Waals surface area contributed by atoms with Crippen molar-refractivity contribution in [1.82, 2.24) is 4.90 Å². The molecule has 0 spiro atoms. The minimum Gasteiger partial charge on any atom is -0.497 e. The van der Waals surface area contributed by atoms with Gasteiger partial charge in [-0.25, -0.2) is 4.79 Å². The first-order valence-corrected chi connectivity index (χ1v) is 8.11. The second kappa shape index (κ2) is 8.04. The van der Waals surface area contributed by atoms with Gasteiger partial charge in [-0.05, 0) is 30.4 Å². The number of amides is 1. The van der Waals surface area contributed by atoms with Gasteiger partial charge in [-0.2, -0.15) is 0 Å². The van der Waals surface area contributed by atoms with Crippen LogP contribution in [0.4, 0.5) is 0 Å². The van der Waals surface area contributed by atoms with Crippen LogP contribution in [-0.2, 0) is 9.53 Å². The lowest BCUT2D eigenvalue weighted by atomic mass is 9.92. The molecule has 6 nitrogen and oxygen atoms in total. The van der Waals surface area contributed by atoms with Crippen molar-refractivity contribution in [2.24, 2.45) is 11.8 Å². The standard InChI is InChI=1S/C18H25NO5/c1-12-7-13(2)10-19(9-12)17(20)11-24-18(21)15-6-5-14(22-3)8-16(15)23-4/h5-6,8,12-13H,7,9-11H2,1-4H3/t12-,13+. The van der Waals surface area contributed by atoms with Gasteiger partial charge in [-0.15, -0.1) is 0 Å². The van der Waals surface area contributed by atoms with Crippen LogP contribution in [0.25, 0.3) is 0 Å². The molecule has 1 aromatic carbocycles. The van der Waals surface area contributed by atoms with E-state index in [1.165, 1.54) is 14.2 Å². The number of hydrogen-bond acceptors (Lipinski definition) is 5. The molecule has 6 heteroatoms. The van der Waals surface area contributed by atoms with Crippen LogP contribution in [0.2, 0.25) is 0 Å². The average Bonchev–Trinajstić information content (AvgIpc) is 2.57. The molecule has 0 N–H and O–H groups in total. The smallest absolute Gasteiger partial charge is 0.342 e. The van der Waals surface area contributed by atoms with Crippen molar-refractivity contribution in [2.45, 2.75) is 20.3 Å². The number of benzene rings is 1. The molecule has 1 amide bonds. The van der Waals surface area contributed by atoms with Gasteiger partial charge >= 0.3 is 5.97 Å². The highest BCUT2D eigenvalue weighted by Crippen LogP contribution is 2.25. The Kier molecular flexibility index (Phi) is 6.06. The summed E-state index contributed by atoms with van der Waals surface area (Å²) in [5.41, 5.74) is 0.270. The van der Waals surface area contributed by atoms with E-state index in [-0.39, 0.29) is 18.1 Å². The zero-order chi connectivity index (χ0) is 17.7. The molecule has 0 aromatic heterocycles. The number of hydrogen-bond donors (Lipinski definition) is 0. The number of nitrogens with zero attached hydrogens (tertiary/aromatic N) is 1. The number of ether oxygens (including phenoxy) is 3. The van der Waals surface area contributed by atoms with Crippen molar-refractivity contribution in [3.63, 3.8) is 0 Å². The Labute approximate surface area is 142 Å². The van der Waals surface area contributed by atoms with Gasteiger partial charge in [0.2, 0.25) is 0 Å². The summed E-state index contributed by atoms with van der Waals surface area (Å²) < 4.78 is 15.5. The van der Waals surface area contributed by atoms with E-state index in [0.29, 0.717) is 36.4 Å². The third-order valence-corrected chi connectivity index (χ3v) is 4.18. The summed E-state index contributed by atoms with van der Waals surface area (Å²) in [6.07, 6.45) is 1.12. The van der Waals surface area contributed by atoms with Gasteiger partial charge in [0.15, 0.2) is 6.61 Å². The first kappa shape index (κ1) is 18.1. The Morgan fingerprint density at radius 2 is 1.79 bits per heavy atom. The average molecular weight is 335 g/mol. The normalized spacial score (nSPS) is 20.4. The van der Waals surface area contributed by atoms with E-state index in [1.54, 1.807) is 23.1 Å². The number of esters is 1. The van der Waals surface area contributed by atoms with E-state index in [4.69, 9.17) is 14.2 Å². The Hall–Kier alpha value is -2.24. The largest absolute Gasteiger partial charge is 0.497 e. The minimum atomic E-state index is -0.582. The van der Waals surface area contributed by atoms with Gasteiger partial charge < -0.3 is 19.1 Å². The minimum absolute atomic E-state index is 0.158. The molecule has 1 heterocycles. The first-order chi connectivity index (χ1) is 11.4. The summed E-state index contributed by atoms with van der Waals surface area (Å²) in [7, 11) is 3.00. The van der Waals surface area contributed by atoms with Crippen LogP contribution in [0.1, 0.15) is 30.6 Å². The molecule has 0 saturated carbocycles. The maximum Gasteiger partial charge on any atom is 0.342 e. The van der Waals surface area contributed by atoms with Gasteiger partial charge in [0.05, 0.1) is 14.2 Å². The topological polar surface area (TPSA) is 65.1 Å². The van der Waals surface area contributed by atoms with Gasteiger partial charge in [0, 0.05) is 19.2 Å². The highest BCUT2D eigenvalue weighted by Gasteiger charge is 2.26. The number of piperidine rings is 1. The quantitative estimate of drug-likeness (QED) is 0.773. The number of likely N-dealkylation sites (tertiary alicyclic amines) is 1. The van der Waals surface area contributed by atoms with Crippen LogP contribution >= 0.6 is 0 Å². The van der Waals surface area contributed by atoms with Crippen LogP contribution in [0.5, 0.6) is 11.5 Å². The highest BCUT2D eigenvalue weighted by atomic mass is 16.5. The van der Waals surface area contributed by atoms with Crippen LogP contribution in [-0.4, -0.2) is 50.7 Å². The summed E-state index contributed by atoms with van der Waals surface area (Å²) in [4.78, 5) is 26.3. The third-order valence-electron chi connectivity index (χ3n) is 4.18. The maximum atomic E-state index is 12.3. The summed E-state index contributed by atoms with van der Waals surface area (Å²) in [5, 5.41) is 0. The lowest BCUT2D eigenvalue weighted by molar-refractivity contribution is -0.137. The predicted octanol–water partition coefficient (Wildman–Crippen LogP) is 2.37. The van der Waals surface area contributed by atoms with E-state index in [1.807, 2.05) is 0 Å². The predicted molar refractivity (Wildman–Crippen MR) is 89.4 cm³/mol. The van der Waals surface area contributed by atoms with Gasteiger partial charge in [0.1, 0.15) is 17.1 Å². The molecule has 1 aromatic rings. The highest BCUT2D eigenvalue weighted by molar-refractivity contribution is 5.94. The van der Waals surface area contributed by atoms with E-state index in [2.05, 4.69) is 13.8 Å². The second-order valence-corrected chi connectivity index (χ2v) is 6.39. The Balaban J connectivity index is 1.96. The molecular weight excluding hydrogens is 310 g/mol. The summed E-state index contributed by atoms with van der Waals surface area (Å²) >= 11 is 0. The zero-order valence-corrected chi connectivity index (χ0v) is 14.7. The molecule has 1 aliphatic rings. The SMILES string of the molecule is COc1ccc(C(=O)OCC(=O)N2C[C@H](C)C[C@H](C)C2)c(OC)c1. The van der Waals surface area contributed by atoms with E-state index in [0.717, 1.165) is 6.42 Å². The van der Waals surface area contributed by atoms with Gasteiger partial charge in [0.25, 0.3) is 5.91 Å². The van der Waals surface area contributed by atoms with Crippen LogP contribution in [0, 0.1) is 11.8 Å². The van der Waals surface area contributed by atoms with Crippen molar-refractivity contribution >= 4 is 11.9 Å². The fourth-order valence-corrected chi connectivity index (χ4v) is 3.13. The number of carbonyl (C=O) groups is 2. The summed E-state index contributed by atoms with van der Waals surface area (Å²) in [6.45, 7) is 5.43. The second-order valence-electron chi connectivity index (χ2n) is 6.39. The van der Waals surface area contributed by atoms with Crippen molar-refractivity contribution in [3.8, 4) is 11.5 Å². The molecule has 132 valence electrons. The fourth-order valence-electron chi connectivity index (χ4n) is 3.13. The van der Waals surface area contributed by atoms with Gasteiger partial charge in [-0.3, -0.25) is 4.79 Å². The van der Waals surface area contributed by atoms with E-state index >= 15 is 0 Å². The molecule has 1 saturated heterocycles. The molecule has 0 radical (unpaired) electrons. The molecule has 1 fully saturated rings. The molecule has 0 aliphatic carbocycles. The van der Waals surface area contributed by atoms with Crippen LogP contribution < -0.4 is 9.47 Å². The number of methoxy groups -OCH3 is 2. The molecule has 2 rings (SSSR count). The molecule has 0 bridgehead atoms. The Morgan fingerprint density at radius 1 is 1.12 bits per heavy atom. The summed E-state index contributed by atoms with van der Waals surface area (Å²) in [5.74, 6) is 1.13. The van der Waals surface area contributed by atoms with Crippen LogP contribution in [0.3, 0.4) is 0 Å². The summed E-state index contributed by atoms with van der Waals surface area (Å²) in [6, 6.07) is 4.82. The van der Waals surface area contributed by atoms with Gasteiger partial charge in [-0.1, -0.05) is 13.8 Å².